The van der Waals surface area contributed by atoms with E-state index < -0.39 is 0 Å². The van der Waals surface area contributed by atoms with E-state index in [0.29, 0.717) is 23.0 Å². The molecule has 0 saturated heterocycles. The van der Waals surface area contributed by atoms with Gasteiger partial charge in [-0.25, -0.2) is 15.0 Å². The summed E-state index contributed by atoms with van der Waals surface area (Å²) in [5.41, 5.74) is 19.1. The minimum absolute atomic E-state index is 0.544. The molecule has 0 amide bonds. The Balaban J connectivity index is 1.09. The number of nitrogens with zero attached hydrogens (tertiary/aromatic N) is 5. The Morgan fingerprint density at radius 3 is 1.07 bits per heavy atom. The molecule has 0 fully saturated rings. The highest BCUT2D eigenvalue weighted by Crippen LogP contribution is 2.45. The van der Waals surface area contributed by atoms with Gasteiger partial charge in [0.25, 0.3) is 0 Å². The molecule has 350 valence electrons. The van der Waals surface area contributed by atoms with Crippen molar-refractivity contribution >= 4 is 21.8 Å². The largest absolute Gasteiger partial charge is 0.308 e. The highest BCUT2D eigenvalue weighted by atomic mass is 15.0. The molecular weight excluding hydrogens is 911 g/mol. The Morgan fingerprint density at radius 1 is 0.267 bits per heavy atom. The van der Waals surface area contributed by atoms with Crippen molar-refractivity contribution in [3.05, 3.63) is 279 Å². The molecule has 0 radical (unpaired) electrons. The molecule has 13 rings (SSSR count). The van der Waals surface area contributed by atoms with Crippen LogP contribution in [0.25, 0.3) is 128 Å². The van der Waals surface area contributed by atoms with E-state index in [2.05, 4.69) is 247 Å². The molecule has 2 heterocycles. The second-order valence-electron chi connectivity index (χ2n) is 18.7. The van der Waals surface area contributed by atoms with Gasteiger partial charge in [0.1, 0.15) is 0 Å². The van der Waals surface area contributed by atoms with Gasteiger partial charge in [0.15, 0.2) is 17.5 Å². The molecule has 0 N–H and O–H groups in total. The van der Waals surface area contributed by atoms with E-state index in [-0.39, 0.29) is 0 Å². The summed E-state index contributed by atoms with van der Waals surface area (Å²) < 4.78 is 2.38. The maximum absolute atomic E-state index is 10.3. The quantitative estimate of drug-likeness (QED) is 0.137. The van der Waals surface area contributed by atoms with Gasteiger partial charge in [-0.15, -0.1) is 0 Å². The van der Waals surface area contributed by atoms with Crippen LogP contribution in [0.3, 0.4) is 0 Å². The van der Waals surface area contributed by atoms with Gasteiger partial charge in [-0.3, -0.25) is 0 Å². The van der Waals surface area contributed by atoms with Crippen molar-refractivity contribution in [3.8, 4) is 113 Å². The topological polar surface area (TPSA) is 67.4 Å². The first-order chi connectivity index (χ1) is 37.1. The van der Waals surface area contributed by atoms with Gasteiger partial charge in [0.05, 0.1) is 28.4 Å². The lowest BCUT2D eigenvalue weighted by molar-refractivity contribution is 1.07. The first-order valence-electron chi connectivity index (χ1n) is 25.1. The molecule has 0 aliphatic carbocycles. The van der Waals surface area contributed by atoms with E-state index in [1.54, 1.807) is 0 Å². The van der Waals surface area contributed by atoms with Crippen LogP contribution >= 0.6 is 0 Å². The molecular formula is C70H45N5. The SMILES string of the molecule is N#Cc1ccc2c(c1)c1cc(-c3ccccc3)ccc1n2-c1c(-c2ccccc2)cc(-c2nc(-c3ccc(-c4ccccc4)cc3)nc(-c3cc(-c4ccccc4)cc(-c4ccccc4)c3)n2)cc1-c1ccccc1. The minimum Gasteiger partial charge on any atom is -0.308 e. The third-order valence-electron chi connectivity index (χ3n) is 14.1. The predicted molar refractivity (Wildman–Crippen MR) is 308 cm³/mol. The van der Waals surface area contributed by atoms with Crippen LogP contribution in [0.2, 0.25) is 0 Å². The lowest BCUT2D eigenvalue weighted by Crippen LogP contribution is -2.04. The third kappa shape index (κ3) is 8.63. The number of benzene rings is 11. The monoisotopic (exact) mass is 955 g/mol. The summed E-state index contributed by atoms with van der Waals surface area (Å²) >= 11 is 0. The van der Waals surface area contributed by atoms with Crippen molar-refractivity contribution in [3.63, 3.8) is 0 Å². The molecule has 0 bridgehead atoms. The van der Waals surface area contributed by atoms with Crippen molar-refractivity contribution < 1.29 is 0 Å². The van der Waals surface area contributed by atoms with E-state index in [0.717, 1.165) is 111 Å². The van der Waals surface area contributed by atoms with Gasteiger partial charge in [-0.05, 0) is 116 Å². The first-order valence-corrected chi connectivity index (χ1v) is 25.1. The molecule has 0 spiro atoms. The molecule has 0 aliphatic rings. The molecule has 75 heavy (non-hydrogen) atoms. The Labute approximate surface area is 435 Å². The van der Waals surface area contributed by atoms with Gasteiger partial charge < -0.3 is 4.57 Å². The molecule has 5 nitrogen and oxygen atoms in total. The average molecular weight is 956 g/mol. The van der Waals surface area contributed by atoms with Gasteiger partial charge in [-0.1, -0.05) is 212 Å². The van der Waals surface area contributed by atoms with Crippen molar-refractivity contribution in [1.82, 2.24) is 19.5 Å². The maximum Gasteiger partial charge on any atom is 0.164 e. The Hall–Kier alpha value is -10.3. The predicted octanol–water partition coefficient (Wildman–Crippen LogP) is 17.8. The Kier molecular flexibility index (Phi) is 11.5. The number of aromatic nitrogens is 4. The number of hydrogen-bond acceptors (Lipinski definition) is 4. The molecule has 11 aromatic carbocycles. The van der Waals surface area contributed by atoms with E-state index in [4.69, 9.17) is 15.0 Å². The van der Waals surface area contributed by atoms with Crippen LogP contribution in [0, 0.1) is 11.3 Å². The fourth-order valence-electron chi connectivity index (χ4n) is 10.4. The summed E-state index contributed by atoms with van der Waals surface area (Å²) in [5.74, 6) is 1.67. The normalized spacial score (nSPS) is 11.2. The number of rotatable bonds is 10. The third-order valence-corrected chi connectivity index (χ3v) is 14.1. The van der Waals surface area contributed by atoms with Crippen molar-refractivity contribution in [2.45, 2.75) is 0 Å². The van der Waals surface area contributed by atoms with E-state index in [9.17, 15) is 5.26 Å². The smallest absolute Gasteiger partial charge is 0.164 e. The van der Waals surface area contributed by atoms with E-state index in [1.807, 2.05) is 36.4 Å². The maximum atomic E-state index is 10.3. The van der Waals surface area contributed by atoms with Gasteiger partial charge >= 0.3 is 0 Å². The van der Waals surface area contributed by atoms with Crippen LogP contribution in [-0.4, -0.2) is 19.5 Å². The second kappa shape index (κ2) is 19.4. The van der Waals surface area contributed by atoms with Gasteiger partial charge in [0, 0.05) is 38.6 Å². The molecule has 0 unspecified atom stereocenters. The fraction of sp³-hybridized carbons (Fsp3) is 0. The summed E-state index contributed by atoms with van der Waals surface area (Å²) in [6.45, 7) is 0. The zero-order chi connectivity index (χ0) is 50.1. The van der Waals surface area contributed by atoms with E-state index in [1.165, 1.54) is 0 Å². The molecule has 13 aromatic rings. The number of nitriles is 1. The van der Waals surface area contributed by atoms with Crippen LogP contribution in [-0.2, 0) is 0 Å². The lowest BCUT2D eigenvalue weighted by atomic mass is 9.92. The summed E-state index contributed by atoms with van der Waals surface area (Å²) in [5, 5.41) is 12.3. The molecule has 0 saturated carbocycles. The molecule has 5 heteroatoms. The summed E-state index contributed by atoms with van der Waals surface area (Å²) in [4.78, 5) is 16.3. The second-order valence-corrected chi connectivity index (χ2v) is 18.7. The number of hydrogen-bond donors (Lipinski definition) is 0. The van der Waals surface area contributed by atoms with E-state index >= 15 is 0 Å². The van der Waals surface area contributed by atoms with Gasteiger partial charge in [-0.2, -0.15) is 5.26 Å². The molecule has 0 atom stereocenters. The van der Waals surface area contributed by atoms with Crippen LogP contribution < -0.4 is 0 Å². The van der Waals surface area contributed by atoms with Crippen LogP contribution in [0.1, 0.15) is 5.56 Å². The zero-order valence-corrected chi connectivity index (χ0v) is 40.7. The van der Waals surface area contributed by atoms with Gasteiger partial charge in [0.2, 0.25) is 0 Å². The fourth-order valence-corrected chi connectivity index (χ4v) is 10.4. The highest BCUT2D eigenvalue weighted by Gasteiger charge is 2.24. The summed E-state index contributed by atoms with van der Waals surface area (Å²) in [6, 6.07) is 97.8. The zero-order valence-electron chi connectivity index (χ0n) is 40.7. The average Bonchev–Trinajstić information content (AvgIpc) is 3.82. The molecule has 2 aromatic heterocycles. The minimum atomic E-state index is 0.544. The molecule has 0 aliphatic heterocycles. The van der Waals surface area contributed by atoms with Crippen molar-refractivity contribution in [1.29, 1.82) is 5.26 Å². The van der Waals surface area contributed by atoms with Crippen LogP contribution in [0.15, 0.2) is 273 Å². The van der Waals surface area contributed by atoms with Crippen molar-refractivity contribution in [2.24, 2.45) is 0 Å². The summed E-state index contributed by atoms with van der Waals surface area (Å²) in [7, 11) is 0. The Bertz CT molecular complexity index is 4130. The summed E-state index contributed by atoms with van der Waals surface area (Å²) in [6.07, 6.45) is 0. The van der Waals surface area contributed by atoms with Crippen LogP contribution in [0.5, 0.6) is 0 Å². The Morgan fingerprint density at radius 2 is 0.600 bits per heavy atom. The number of fused-ring (bicyclic) bond motifs is 3. The first kappa shape index (κ1) is 44.6. The highest BCUT2D eigenvalue weighted by molar-refractivity contribution is 6.12. The van der Waals surface area contributed by atoms with Crippen LogP contribution in [0.4, 0.5) is 0 Å². The standard InChI is InChI=1S/C70H45N5/c71-46-47-31-37-65-63(39-47)64-43-56(49-21-9-2-10-22-49)36-38-66(64)75(65)67-61(53-27-15-5-16-28-53)44-60(45-62(67)54-29-17-6-18-30-54)70-73-68(55-34-32-52(33-35-55)48-19-7-1-8-20-48)72-69(74-70)59-41-57(50-23-11-3-12-24-50)40-58(42-59)51-25-13-4-14-26-51/h1-45H. The lowest BCUT2D eigenvalue weighted by Gasteiger charge is -2.21. The van der Waals surface area contributed by atoms with Crippen molar-refractivity contribution in [2.75, 3.05) is 0 Å².